The average molecular weight is 319 g/mol. The lowest BCUT2D eigenvalue weighted by atomic mass is 9.62. The van der Waals surface area contributed by atoms with Gasteiger partial charge in [-0.2, -0.15) is 0 Å². The second kappa shape index (κ2) is 4.61. The number of halogens is 3. The van der Waals surface area contributed by atoms with Crippen molar-refractivity contribution in [3.05, 3.63) is 34.3 Å². The second-order valence-corrected chi connectivity index (χ2v) is 5.35. The van der Waals surface area contributed by atoms with Crippen LogP contribution in [0.1, 0.15) is 25.3 Å². The van der Waals surface area contributed by atoms with Crippen LogP contribution in [0, 0.1) is 0 Å². The molecule has 0 amide bonds. The summed E-state index contributed by atoms with van der Waals surface area (Å²) >= 11 is 3.31. The summed E-state index contributed by atoms with van der Waals surface area (Å²) in [6, 6.07) is 6.95. The van der Waals surface area contributed by atoms with Crippen molar-refractivity contribution in [2.24, 2.45) is 0 Å². The van der Waals surface area contributed by atoms with Gasteiger partial charge in [-0.15, -0.1) is 0 Å². The highest BCUT2D eigenvalue weighted by Gasteiger charge is 2.63. The van der Waals surface area contributed by atoms with E-state index in [1.165, 1.54) is 0 Å². The third-order valence-corrected chi connectivity index (χ3v) is 3.87. The lowest BCUT2D eigenvalue weighted by molar-refractivity contribution is -0.179. The van der Waals surface area contributed by atoms with Crippen LogP contribution < -0.4 is 0 Å². The Bertz CT molecular complexity index is 466. The van der Waals surface area contributed by atoms with Crippen molar-refractivity contribution in [1.82, 2.24) is 0 Å². The molecule has 2 nitrogen and oxygen atoms in total. The average Bonchev–Trinajstić information content (AvgIpc) is 2.26. The number of hydrogen-bond donors (Lipinski definition) is 0. The molecule has 1 aromatic rings. The van der Waals surface area contributed by atoms with Gasteiger partial charge in [0.25, 0.3) is 5.92 Å². The lowest BCUT2D eigenvalue weighted by Gasteiger charge is -2.45. The van der Waals surface area contributed by atoms with Gasteiger partial charge in [-0.3, -0.25) is 4.79 Å². The maximum Gasteiger partial charge on any atom is 0.317 e. The molecule has 0 spiro atoms. The van der Waals surface area contributed by atoms with E-state index in [9.17, 15) is 13.6 Å². The summed E-state index contributed by atoms with van der Waals surface area (Å²) in [6.45, 7) is 1.86. The maximum atomic E-state index is 13.2. The zero-order valence-corrected chi connectivity index (χ0v) is 11.5. The molecule has 18 heavy (non-hydrogen) atoms. The van der Waals surface area contributed by atoms with Crippen molar-refractivity contribution in [1.29, 1.82) is 0 Å². The third-order valence-electron chi connectivity index (χ3n) is 3.18. The summed E-state index contributed by atoms with van der Waals surface area (Å²) in [5.74, 6) is -3.36. The highest BCUT2D eigenvalue weighted by molar-refractivity contribution is 9.10. The van der Waals surface area contributed by atoms with Gasteiger partial charge in [-0.25, -0.2) is 8.78 Å². The van der Waals surface area contributed by atoms with Crippen LogP contribution in [0.4, 0.5) is 8.78 Å². The molecule has 1 aliphatic carbocycles. The maximum absolute atomic E-state index is 13.2. The lowest BCUT2D eigenvalue weighted by Crippen LogP contribution is -2.55. The number of ether oxygens (including phenoxy) is 1. The molecule has 1 aliphatic rings. The van der Waals surface area contributed by atoms with Crippen LogP contribution in [-0.4, -0.2) is 18.5 Å². The predicted octanol–water partition coefficient (Wildman–Crippen LogP) is 3.68. The smallest absolute Gasteiger partial charge is 0.317 e. The summed E-state index contributed by atoms with van der Waals surface area (Å²) in [4.78, 5) is 12.0. The molecule has 0 bridgehead atoms. The largest absolute Gasteiger partial charge is 0.465 e. The van der Waals surface area contributed by atoms with E-state index >= 15 is 0 Å². The molecule has 0 radical (unpaired) electrons. The van der Waals surface area contributed by atoms with E-state index in [1.54, 1.807) is 31.2 Å². The Morgan fingerprint density at radius 2 is 2.00 bits per heavy atom. The molecular formula is C13H13BrF2O2. The Hall–Kier alpha value is -0.970. The van der Waals surface area contributed by atoms with Gasteiger partial charge in [0, 0.05) is 17.3 Å². The van der Waals surface area contributed by atoms with Crippen molar-refractivity contribution in [3.8, 4) is 0 Å². The summed E-state index contributed by atoms with van der Waals surface area (Å²) in [5, 5.41) is 0. The van der Waals surface area contributed by atoms with Crippen molar-refractivity contribution >= 4 is 21.9 Å². The fraction of sp³-hybridized carbons (Fsp3) is 0.462. The van der Waals surface area contributed by atoms with E-state index in [0.717, 1.165) is 0 Å². The number of alkyl halides is 2. The van der Waals surface area contributed by atoms with E-state index in [2.05, 4.69) is 15.9 Å². The van der Waals surface area contributed by atoms with Crippen LogP contribution in [0.3, 0.4) is 0 Å². The van der Waals surface area contributed by atoms with Crippen molar-refractivity contribution < 1.29 is 18.3 Å². The molecule has 1 aromatic carbocycles. The van der Waals surface area contributed by atoms with Crippen LogP contribution in [0.25, 0.3) is 0 Å². The summed E-state index contributed by atoms with van der Waals surface area (Å²) in [6.07, 6.45) is -0.969. The Kier molecular flexibility index (Phi) is 3.45. The number of hydrogen-bond acceptors (Lipinski definition) is 2. The fourth-order valence-corrected chi connectivity index (χ4v) is 3.06. The van der Waals surface area contributed by atoms with E-state index in [1.807, 2.05) is 0 Å². The van der Waals surface area contributed by atoms with Crippen LogP contribution in [0.15, 0.2) is 28.7 Å². The van der Waals surface area contributed by atoms with Gasteiger partial charge in [0.2, 0.25) is 0 Å². The summed E-state index contributed by atoms with van der Waals surface area (Å²) < 4.78 is 32.1. The molecule has 0 saturated heterocycles. The van der Waals surface area contributed by atoms with E-state index in [4.69, 9.17) is 4.74 Å². The first kappa shape index (κ1) is 13.5. The molecule has 98 valence electrons. The summed E-state index contributed by atoms with van der Waals surface area (Å²) in [5.41, 5.74) is -0.631. The predicted molar refractivity (Wildman–Crippen MR) is 66.6 cm³/mol. The van der Waals surface area contributed by atoms with Crippen LogP contribution in [0.2, 0.25) is 0 Å². The van der Waals surface area contributed by atoms with Gasteiger partial charge in [0.1, 0.15) is 5.41 Å². The van der Waals surface area contributed by atoms with Crippen LogP contribution in [-0.2, 0) is 14.9 Å². The third kappa shape index (κ3) is 2.16. The van der Waals surface area contributed by atoms with Gasteiger partial charge in [-0.1, -0.05) is 34.1 Å². The minimum Gasteiger partial charge on any atom is -0.465 e. The number of benzene rings is 1. The summed E-state index contributed by atoms with van der Waals surface area (Å²) in [7, 11) is 0. The van der Waals surface area contributed by atoms with Gasteiger partial charge < -0.3 is 4.74 Å². The Balaban J connectivity index is 2.39. The number of rotatable bonds is 3. The highest BCUT2D eigenvalue weighted by atomic mass is 79.9. The molecule has 2 rings (SSSR count). The highest BCUT2D eigenvalue weighted by Crippen LogP contribution is 2.55. The van der Waals surface area contributed by atoms with Crippen molar-refractivity contribution in [3.63, 3.8) is 0 Å². The molecule has 0 aliphatic heterocycles. The SMILES string of the molecule is CCOC(=O)C1(c2ccccc2Br)CC(F)(F)C1. The van der Waals surface area contributed by atoms with Crippen molar-refractivity contribution in [2.75, 3.05) is 6.61 Å². The molecule has 0 N–H and O–H groups in total. The molecule has 0 aromatic heterocycles. The molecule has 5 heteroatoms. The fourth-order valence-electron chi connectivity index (χ4n) is 2.39. The minimum absolute atomic E-state index is 0.191. The first-order valence-electron chi connectivity index (χ1n) is 5.71. The van der Waals surface area contributed by atoms with E-state index in [-0.39, 0.29) is 6.61 Å². The Labute approximate surface area is 112 Å². The van der Waals surface area contributed by atoms with Gasteiger partial charge in [0.15, 0.2) is 0 Å². The van der Waals surface area contributed by atoms with Crippen molar-refractivity contribution in [2.45, 2.75) is 31.1 Å². The zero-order chi connectivity index (χ0) is 13.4. The first-order chi connectivity index (χ1) is 8.41. The molecule has 0 atom stereocenters. The molecule has 0 unspecified atom stereocenters. The topological polar surface area (TPSA) is 26.3 Å². The number of carbonyl (C=O) groups is 1. The standard InChI is InChI=1S/C13H13BrF2O2/c1-2-18-11(17)12(7-13(15,16)8-12)9-5-3-4-6-10(9)14/h3-6H,2,7-8H2,1H3. The Morgan fingerprint density at radius 1 is 1.39 bits per heavy atom. The minimum atomic E-state index is -2.79. The van der Waals surface area contributed by atoms with Crippen LogP contribution in [0.5, 0.6) is 0 Å². The van der Waals surface area contributed by atoms with Gasteiger partial charge >= 0.3 is 5.97 Å². The van der Waals surface area contributed by atoms with Gasteiger partial charge in [-0.05, 0) is 18.6 Å². The Morgan fingerprint density at radius 3 is 2.50 bits per heavy atom. The molecule has 1 saturated carbocycles. The number of esters is 1. The quantitative estimate of drug-likeness (QED) is 0.795. The molecule has 1 fully saturated rings. The van der Waals surface area contributed by atoms with Crippen LogP contribution >= 0.6 is 15.9 Å². The zero-order valence-electron chi connectivity index (χ0n) is 9.88. The second-order valence-electron chi connectivity index (χ2n) is 4.49. The molecule has 0 heterocycles. The first-order valence-corrected chi connectivity index (χ1v) is 6.51. The monoisotopic (exact) mass is 318 g/mol. The molecular weight excluding hydrogens is 306 g/mol. The van der Waals surface area contributed by atoms with Gasteiger partial charge in [0.05, 0.1) is 6.61 Å². The normalized spacial score (nSPS) is 20.0. The number of carbonyl (C=O) groups excluding carboxylic acids is 1. The van der Waals surface area contributed by atoms with E-state index < -0.39 is 30.1 Å². The van der Waals surface area contributed by atoms with E-state index in [0.29, 0.717) is 10.0 Å².